The van der Waals surface area contributed by atoms with Gasteiger partial charge in [0.15, 0.2) is 12.0 Å². The first-order valence-corrected chi connectivity index (χ1v) is 8.24. The maximum absolute atomic E-state index is 4.78. The third-order valence-corrected chi connectivity index (χ3v) is 3.63. The van der Waals surface area contributed by atoms with Crippen LogP contribution in [0.25, 0.3) is 0 Å². The normalized spacial score (nSPS) is 17.2. The highest BCUT2D eigenvalue weighted by Crippen LogP contribution is 2.17. The minimum atomic E-state index is -0.206. The molecular weight excluding hydrogens is 296 g/mol. The van der Waals surface area contributed by atoms with Crippen LogP contribution in [-0.2, 0) is 0 Å². The molecule has 2 N–H and O–H groups in total. The molecular formula is C20H24N4. The van der Waals surface area contributed by atoms with Gasteiger partial charge in [-0.1, -0.05) is 48.0 Å². The number of anilines is 1. The lowest BCUT2D eigenvalue weighted by atomic mass is 10.1. The van der Waals surface area contributed by atoms with Crippen LogP contribution in [0.1, 0.15) is 31.9 Å². The van der Waals surface area contributed by atoms with Crippen LogP contribution in [0.5, 0.6) is 0 Å². The molecule has 124 valence electrons. The molecule has 2 aromatic rings. The summed E-state index contributed by atoms with van der Waals surface area (Å²) >= 11 is 0. The largest absolute Gasteiger partial charge is 0.365 e. The van der Waals surface area contributed by atoms with Crippen LogP contribution >= 0.6 is 0 Å². The molecule has 24 heavy (non-hydrogen) atoms. The van der Waals surface area contributed by atoms with Crippen LogP contribution < -0.4 is 10.6 Å². The zero-order valence-corrected chi connectivity index (χ0v) is 14.7. The first-order valence-electron chi connectivity index (χ1n) is 8.24. The highest BCUT2D eigenvalue weighted by molar-refractivity contribution is 6.13. The number of hydrogen-bond donors (Lipinski definition) is 2. The Kier molecular flexibility index (Phi) is 4.38. The van der Waals surface area contributed by atoms with E-state index in [1.807, 2.05) is 30.3 Å². The Labute approximate surface area is 143 Å². The number of nitrogens with one attached hydrogen (secondary N) is 2. The molecule has 4 nitrogen and oxygen atoms in total. The van der Waals surface area contributed by atoms with E-state index in [2.05, 4.69) is 62.6 Å². The monoisotopic (exact) mass is 320 g/mol. The molecule has 0 spiro atoms. The maximum atomic E-state index is 4.78. The van der Waals surface area contributed by atoms with Crippen LogP contribution in [0.4, 0.5) is 5.69 Å². The minimum Gasteiger partial charge on any atom is -0.365 e. The maximum Gasteiger partial charge on any atom is 0.179 e. The zero-order valence-electron chi connectivity index (χ0n) is 14.7. The lowest BCUT2D eigenvalue weighted by molar-refractivity contribution is 0.506. The Balaban J connectivity index is 1.87. The van der Waals surface area contributed by atoms with Gasteiger partial charge in [-0.3, -0.25) is 0 Å². The van der Waals surface area contributed by atoms with Crippen molar-refractivity contribution in [1.29, 1.82) is 0 Å². The van der Waals surface area contributed by atoms with Gasteiger partial charge in [0, 0.05) is 16.8 Å². The SMILES string of the molecule is Cc1ccc(NC2N=C(c3ccccc3)N=C2NC(C)(C)C)cc1. The summed E-state index contributed by atoms with van der Waals surface area (Å²) in [4.78, 5) is 9.51. The van der Waals surface area contributed by atoms with Crippen molar-refractivity contribution >= 4 is 17.4 Å². The predicted octanol–water partition coefficient (Wildman–Crippen LogP) is 3.98. The lowest BCUT2D eigenvalue weighted by Crippen LogP contribution is -2.46. The van der Waals surface area contributed by atoms with Crippen molar-refractivity contribution in [1.82, 2.24) is 5.32 Å². The van der Waals surface area contributed by atoms with Crippen molar-refractivity contribution in [2.24, 2.45) is 9.98 Å². The van der Waals surface area contributed by atoms with Gasteiger partial charge in [-0.2, -0.15) is 0 Å². The second kappa shape index (κ2) is 6.48. The fraction of sp³-hybridized carbons (Fsp3) is 0.300. The molecule has 3 rings (SSSR count). The van der Waals surface area contributed by atoms with Crippen molar-refractivity contribution in [3.05, 3.63) is 65.7 Å². The Morgan fingerprint density at radius 3 is 2.21 bits per heavy atom. The first kappa shape index (κ1) is 16.2. The molecule has 0 bridgehead atoms. The molecule has 0 saturated carbocycles. The molecule has 0 fully saturated rings. The van der Waals surface area contributed by atoms with Crippen molar-refractivity contribution in [2.75, 3.05) is 5.32 Å². The summed E-state index contributed by atoms with van der Waals surface area (Å²) in [6.07, 6.45) is -0.206. The van der Waals surface area contributed by atoms with E-state index >= 15 is 0 Å². The summed E-state index contributed by atoms with van der Waals surface area (Å²) in [5.41, 5.74) is 3.22. The summed E-state index contributed by atoms with van der Waals surface area (Å²) in [6, 6.07) is 18.4. The third-order valence-electron chi connectivity index (χ3n) is 3.63. The second-order valence-electron chi connectivity index (χ2n) is 7.10. The smallest absolute Gasteiger partial charge is 0.179 e. The fourth-order valence-electron chi connectivity index (χ4n) is 2.50. The molecule has 0 radical (unpaired) electrons. The molecule has 1 aliphatic heterocycles. The minimum absolute atomic E-state index is 0.0757. The molecule has 0 saturated heterocycles. The molecule has 1 heterocycles. The number of rotatable bonds is 3. The lowest BCUT2D eigenvalue weighted by Gasteiger charge is -2.25. The standard InChI is InChI=1S/C20H24N4/c1-14-10-12-16(13-11-14)21-18-19(24-20(2,3)4)23-17(22-18)15-8-6-5-7-9-15/h5-13,18,21H,1-4H3,(H,22,23,24). The van der Waals surface area contributed by atoms with Gasteiger partial charge in [-0.15, -0.1) is 0 Å². The van der Waals surface area contributed by atoms with Crippen LogP contribution in [0.3, 0.4) is 0 Å². The zero-order chi connectivity index (χ0) is 17.2. The van der Waals surface area contributed by atoms with Crippen LogP contribution in [0, 0.1) is 6.92 Å². The van der Waals surface area contributed by atoms with Gasteiger partial charge in [0.1, 0.15) is 5.84 Å². The number of benzene rings is 2. The fourth-order valence-corrected chi connectivity index (χ4v) is 2.50. The van der Waals surface area contributed by atoms with Gasteiger partial charge in [-0.25, -0.2) is 9.98 Å². The number of aliphatic imine (C=N–C) groups is 2. The molecule has 1 atom stereocenters. The third kappa shape index (κ3) is 4.02. The average molecular weight is 320 g/mol. The Morgan fingerprint density at radius 2 is 1.58 bits per heavy atom. The number of amidine groups is 2. The van der Waals surface area contributed by atoms with Crippen molar-refractivity contribution in [3.63, 3.8) is 0 Å². The van der Waals surface area contributed by atoms with Crippen LogP contribution in [0.15, 0.2) is 64.6 Å². The van der Waals surface area contributed by atoms with E-state index in [1.165, 1.54) is 5.56 Å². The molecule has 0 aliphatic carbocycles. The van der Waals surface area contributed by atoms with Crippen LogP contribution in [0.2, 0.25) is 0 Å². The predicted molar refractivity (Wildman–Crippen MR) is 102 cm³/mol. The highest BCUT2D eigenvalue weighted by atomic mass is 15.2. The van der Waals surface area contributed by atoms with Crippen molar-refractivity contribution in [3.8, 4) is 0 Å². The van der Waals surface area contributed by atoms with Gasteiger partial charge < -0.3 is 10.6 Å². The van der Waals surface area contributed by atoms with Gasteiger partial charge in [0.25, 0.3) is 0 Å². The van der Waals surface area contributed by atoms with Gasteiger partial charge in [-0.05, 0) is 39.8 Å². The molecule has 1 aliphatic rings. The number of aryl methyl sites for hydroxylation is 1. The van der Waals surface area contributed by atoms with Crippen molar-refractivity contribution < 1.29 is 0 Å². The summed E-state index contributed by atoms with van der Waals surface area (Å²) in [5.74, 6) is 1.61. The van der Waals surface area contributed by atoms with E-state index in [9.17, 15) is 0 Å². The molecule has 0 amide bonds. The molecule has 2 aromatic carbocycles. The average Bonchev–Trinajstić information content (AvgIpc) is 2.91. The Morgan fingerprint density at radius 1 is 0.917 bits per heavy atom. The van der Waals surface area contributed by atoms with E-state index in [-0.39, 0.29) is 11.7 Å². The number of nitrogens with zero attached hydrogens (tertiary/aromatic N) is 2. The van der Waals surface area contributed by atoms with Crippen molar-refractivity contribution in [2.45, 2.75) is 39.4 Å². The first-order chi connectivity index (χ1) is 11.4. The summed E-state index contributed by atoms with van der Waals surface area (Å²) in [7, 11) is 0. The van der Waals surface area contributed by atoms with E-state index in [4.69, 9.17) is 9.98 Å². The van der Waals surface area contributed by atoms with E-state index in [0.717, 1.165) is 22.9 Å². The summed E-state index contributed by atoms with van der Waals surface area (Å²) in [6.45, 7) is 8.45. The topological polar surface area (TPSA) is 48.8 Å². The highest BCUT2D eigenvalue weighted by Gasteiger charge is 2.26. The van der Waals surface area contributed by atoms with E-state index in [1.54, 1.807) is 0 Å². The summed E-state index contributed by atoms with van der Waals surface area (Å²) in [5, 5.41) is 6.93. The van der Waals surface area contributed by atoms with Gasteiger partial charge in [0.05, 0.1) is 0 Å². The molecule has 0 aromatic heterocycles. The summed E-state index contributed by atoms with van der Waals surface area (Å²) < 4.78 is 0. The van der Waals surface area contributed by atoms with Gasteiger partial charge >= 0.3 is 0 Å². The van der Waals surface area contributed by atoms with E-state index < -0.39 is 0 Å². The van der Waals surface area contributed by atoms with E-state index in [0.29, 0.717) is 0 Å². The quantitative estimate of drug-likeness (QED) is 0.898. The second-order valence-corrected chi connectivity index (χ2v) is 7.10. The molecule has 1 unspecified atom stereocenters. The molecule has 4 heteroatoms. The number of hydrogen-bond acceptors (Lipinski definition) is 4. The Bertz CT molecular complexity index is 752. The Hall–Kier alpha value is -2.62. The van der Waals surface area contributed by atoms with Crippen LogP contribution in [-0.4, -0.2) is 23.4 Å². The van der Waals surface area contributed by atoms with Gasteiger partial charge in [0.2, 0.25) is 0 Å².